The van der Waals surface area contributed by atoms with Crippen LogP contribution in [0.3, 0.4) is 0 Å². The smallest absolute Gasteiger partial charge is 0.185 e. The van der Waals surface area contributed by atoms with Gasteiger partial charge >= 0.3 is 0 Å². The zero-order chi connectivity index (χ0) is 11.8. The van der Waals surface area contributed by atoms with E-state index in [1.165, 1.54) is 22.9 Å². The minimum atomic E-state index is 0.189. The maximum Gasteiger partial charge on any atom is 0.185 e. The van der Waals surface area contributed by atoms with Crippen LogP contribution in [0.1, 0.15) is 24.5 Å². The van der Waals surface area contributed by atoms with Gasteiger partial charge in [0.1, 0.15) is 0 Å². The zero-order valence-corrected chi connectivity index (χ0v) is 11.7. The molecule has 1 nitrogen and oxygen atoms in total. The Hall–Kier alpha value is -0.540. The van der Waals surface area contributed by atoms with Crippen molar-refractivity contribution in [2.24, 2.45) is 0 Å². The van der Waals surface area contributed by atoms with Crippen LogP contribution in [0.2, 0.25) is 0 Å². The van der Waals surface area contributed by atoms with Gasteiger partial charge in [0.15, 0.2) is 5.12 Å². The maximum absolute atomic E-state index is 10.7. The first kappa shape index (κ1) is 13.5. The second-order valence-electron chi connectivity index (χ2n) is 3.36. The predicted molar refractivity (Wildman–Crippen MR) is 75.9 cm³/mol. The number of hydrogen-bond acceptors (Lipinski definition) is 2. The molecule has 0 N–H and O–H groups in total. The number of allylic oxidation sites excluding steroid dienone is 1. The fourth-order valence-corrected chi connectivity index (χ4v) is 2.35. The van der Waals surface area contributed by atoms with Crippen molar-refractivity contribution >= 4 is 38.9 Å². The molecule has 0 fully saturated rings. The van der Waals surface area contributed by atoms with E-state index in [0.29, 0.717) is 0 Å². The van der Waals surface area contributed by atoms with Crippen molar-refractivity contribution < 1.29 is 4.79 Å². The van der Waals surface area contributed by atoms with E-state index in [1.54, 1.807) is 6.92 Å². The molecule has 0 saturated carbocycles. The van der Waals surface area contributed by atoms with Crippen LogP contribution in [-0.4, -0.2) is 10.9 Å². The molecule has 86 valence electrons. The normalized spacial score (nSPS) is 10.9. The van der Waals surface area contributed by atoms with E-state index in [2.05, 4.69) is 40.2 Å². The Morgan fingerprint density at radius 1 is 1.44 bits per heavy atom. The van der Waals surface area contributed by atoms with Gasteiger partial charge in [0.2, 0.25) is 0 Å². The van der Waals surface area contributed by atoms with Gasteiger partial charge < -0.3 is 0 Å². The molecule has 16 heavy (non-hydrogen) atoms. The highest BCUT2D eigenvalue weighted by Gasteiger charge is 1.95. The molecule has 0 atom stereocenters. The second-order valence-corrected chi connectivity index (χ2v) is 5.20. The van der Waals surface area contributed by atoms with Gasteiger partial charge in [-0.15, -0.1) is 0 Å². The number of hydrogen-bond donors (Lipinski definition) is 0. The van der Waals surface area contributed by atoms with Crippen LogP contribution in [0.15, 0.2) is 30.3 Å². The molecule has 0 amide bonds. The molecule has 0 radical (unpaired) electrons. The summed E-state index contributed by atoms with van der Waals surface area (Å²) < 4.78 is 0. The average molecular weight is 299 g/mol. The number of rotatable bonds is 5. The number of halogens is 1. The van der Waals surface area contributed by atoms with Gasteiger partial charge in [0, 0.05) is 18.0 Å². The molecule has 1 aromatic rings. The third kappa shape index (κ3) is 4.99. The maximum atomic E-state index is 10.7. The molecule has 0 saturated heterocycles. The molecule has 0 heterocycles. The summed E-state index contributed by atoms with van der Waals surface area (Å²) in [4.78, 5) is 10.7. The average Bonchev–Trinajstić information content (AvgIpc) is 2.29. The minimum Gasteiger partial charge on any atom is -0.288 e. The van der Waals surface area contributed by atoms with Crippen LogP contribution in [-0.2, 0) is 10.1 Å². The van der Waals surface area contributed by atoms with E-state index in [0.717, 1.165) is 17.5 Å². The second kappa shape index (κ2) is 7.69. The van der Waals surface area contributed by atoms with Crippen molar-refractivity contribution in [2.75, 3.05) is 5.75 Å². The van der Waals surface area contributed by atoms with Gasteiger partial charge in [-0.3, -0.25) is 4.79 Å². The van der Waals surface area contributed by atoms with Crippen LogP contribution in [0, 0.1) is 0 Å². The Bertz CT molecular complexity index is 374. The lowest BCUT2D eigenvalue weighted by molar-refractivity contribution is -0.109. The number of thioether (sulfide) groups is 1. The van der Waals surface area contributed by atoms with E-state index < -0.39 is 0 Å². The van der Waals surface area contributed by atoms with Gasteiger partial charge in [0.05, 0.1) is 0 Å². The first-order chi connectivity index (χ1) is 7.74. The summed E-state index contributed by atoms with van der Waals surface area (Å²) in [5.74, 6) is 0.863. The first-order valence-electron chi connectivity index (χ1n) is 5.18. The Morgan fingerprint density at radius 2 is 2.19 bits per heavy atom. The third-order valence-corrected chi connectivity index (χ3v) is 3.54. The van der Waals surface area contributed by atoms with Crippen LogP contribution in [0.4, 0.5) is 0 Å². The van der Waals surface area contributed by atoms with Crippen LogP contribution in [0.5, 0.6) is 0 Å². The molecule has 0 aliphatic rings. The fourth-order valence-electron chi connectivity index (χ4n) is 1.30. The SMILES string of the molecule is CC(=O)SCCC=Cc1ccccc1CBr. The molecule has 0 aliphatic carbocycles. The van der Waals surface area contributed by atoms with Crippen molar-refractivity contribution in [3.8, 4) is 0 Å². The van der Waals surface area contributed by atoms with Gasteiger partial charge in [-0.25, -0.2) is 0 Å². The number of alkyl halides is 1. The van der Waals surface area contributed by atoms with E-state index in [4.69, 9.17) is 0 Å². The van der Waals surface area contributed by atoms with Crippen LogP contribution >= 0.6 is 27.7 Å². The summed E-state index contributed by atoms with van der Waals surface area (Å²) >= 11 is 4.84. The molecule has 1 aromatic carbocycles. The first-order valence-corrected chi connectivity index (χ1v) is 7.28. The molecule has 3 heteroatoms. The van der Waals surface area contributed by atoms with Gasteiger partial charge in [-0.1, -0.05) is 64.1 Å². The Kier molecular flexibility index (Phi) is 6.50. The lowest BCUT2D eigenvalue weighted by atomic mass is 10.1. The molecule has 0 aromatic heterocycles. The summed E-state index contributed by atoms with van der Waals surface area (Å²) in [6, 6.07) is 8.29. The predicted octanol–water partition coefficient (Wildman–Crippen LogP) is 4.26. The topological polar surface area (TPSA) is 17.1 Å². The fraction of sp³-hybridized carbons (Fsp3) is 0.308. The Morgan fingerprint density at radius 3 is 2.88 bits per heavy atom. The molecule has 0 spiro atoms. The summed E-state index contributed by atoms with van der Waals surface area (Å²) in [6.07, 6.45) is 5.18. The van der Waals surface area contributed by atoms with E-state index in [1.807, 2.05) is 12.1 Å². The third-order valence-electron chi connectivity index (χ3n) is 2.09. The molecule has 1 rings (SSSR count). The van der Waals surface area contributed by atoms with Crippen molar-refractivity contribution in [1.29, 1.82) is 0 Å². The quantitative estimate of drug-likeness (QED) is 0.597. The molecular formula is C13H15BrOS. The molecule has 0 unspecified atom stereocenters. The van der Waals surface area contributed by atoms with Crippen molar-refractivity contribution in [3.63, 3.8) is 0 Å². The van der Waals surface area contributed by atoms with Crippen molar-refractivity contribution in [1.82, 2.24) is 0 Å². The summed E-state index contributed by atoms with van der Waals surface area (Å²) in [5.41, 5.74) is 2.53. The van der Waals surface area contributed by atoms with Gasteiger partial charge in [-0.2, -0.15) is 0 Å². The number of benzene rings is 1. The Balaban J connectivity index is 2.46. The van der Waals surface area contributed by atoms with Crippen molar-refractivity contribution in [2.45, 2.75) is 18.7 Å². The van der Waals surface area contributed by atoms with E-state index in [-0.39, 0.29) is 5.12 Å². The monoisotopic (exact) mass is 298 g/mol. The number of carbonyl (C=O) groups is 1. The number of carbonyl (C=O) groups excluding carboxylic acids is 1. The highest BCUT2D eigenvalue weighted by molar-refractivity contribution is 9.08. The Labute approximate surface area is 109 Å². The van der Waals surface area contributed by atoms with Gasteiger partial charge in [-0.05, 0) is 17.5 Å². The standard InChI is InChI=1S/C13H15BrOS/c1-11(15)16-9-5-4-7-12-6-2-3-8-13(12)10-14/h2-4,6-8H,5,9-10H2,1H3. The summed E-state index contributed by atoms with van der Waals surface area (Å²) in [7, 11) is 0. The molecule has 0 bridgehead atoms. The lowest BCUT2D eigenvalue weighted by Gasteiger charge is -2.00. The highest BCUT2D eigenvalue weighted by atomic mass is 79.9. The van der Waals surface area contributed by atoms with Crippen molar-refractivity contribution in [3.05, 3.63) is 41.5 Å². The minimum absolute atomic E-state index is 0.189. The van der Waals surface area contributed by atoms with Crippen LogP contribution in [0.25, 0.3) is 6.08 Å². The largest absolute Gasteiger partial charge is 0.288 e. The van der Waals surface area contributed by atoms with Crippen LogP contribution < -0.4 is 0 Å². The summed E-state index contributed by atoms with van der Waals surface area (Å²) in [6.45, 7) is 1.61. The highest BCUT2D eigenvalue weighted by Crippen LogP contribution is 2.14. The van der Waals surface area contributed by atoms with E-state index in [9.17, 15) is 4.79 Å². The molecule has 0 aliphatic heterocycles. The zero-order valence-electron chi connectivity index (χ0n) is 9.28. The molecular weight excluding hydrogens is 284 g/mol. The van der Waals surface area contributed by atoms with E-state index >= 15 is 0 Å². The lowest BCUT2D eigenvalue weighted by Crippen LogP contribution is -1.85. The van der Waals surface area contributed by atoms with Gasteiger partial charge in [0.25, 0.3) is 0 Å². The summed E-state index contributed by atoms with van der Waals surface area (Å²) in [5, 5.41) is 1.06.